The van der Waals surface area contributed by atoms with Crippen molar-refractivity contribution in [3.05, 3.63) is 48.3 Å². The van der Waals surface area contributed by atoms with Crippen molar-refractivity contribution < 1.29 is 18.7 Å². The summed E-state index contributed by atoms with van der Waals surface area (Å²) >= 11 is 0. The maximum Gasteiger partial charge on any atom is 0.248 e. The van der Waals surface area contributed by atoms with E-state index in [1.165, 1.54) is 12.1 Å². The van der Waals surface area contributed by atoms with Crippen LogP contribution in [0.3, 0.4) is 0 Å². The van der Waals surface area contributed by atoms with Crippen LogP contribution in [0.2, 0.25) is 0 Å². The van der Waals surface area contributed by atoms with Gasteiger partial charge in [0.15, 0.2) is 11.5 Å². The minimum atomic E-state index is -0.394. The Hall–Kier alpha value is -3.49. The standard InChI is InChI=1S/C16H12FN5O3/c17-11-3-1-2-10(6-11)16-19-21-22(20-16)8-15(23)18-12-4-5-13-14(7-12)25-9-24-13/h1-7H,8-9H2,(H,18,23). The molecular weight excluding hydrogens is 329 g/mol. The summed E-state index contributed by atoms with van der Waals surface area (Å²) in [6.07, 6.45) is 0. The van der Waals surface area contributed by atoms with Crippen molar-refractivity contribution >= 4 is 11.6 Å². The van der Waals surface area contributed by atoms with Crippen molar-refractivity contribution in [2.24, 2.45) is 0 Å². The van der Waals surface area contributed by atoms with Crippen molar-refractivity contribution in [1.29, 1.82) is 0 Å². The number of nitrogens with zero attached hydrogens (tertiary/aromatic N) is 4. The summed E-state index contributed by atoms with van der Waals surface area (Å²) < 4.78 is 23.7. The van der Waals surface area contributed by atoms with Gasteiger partial charge >= 0.3 is 0 Å². The first-order valence-corrected chi connectivity index (χ1v) is 7.41. The Morgan fingerprint density at radius 1 is 1.20 bits per heavy atom. The molecule has 1 N–H and O–H groups in total. The van der Waals surface area contributed by atoms with E-state index in [9.17, 15) is 9.18 Å². The van der Waals surface area contributed by atoms with Crippen LogP contribution in [0.1, 0.15) is 0 Å². The second-order valence-corrected chi connectivity index (χ2v) is 5.27. The minimum absolute atomic E-state index is 0.128. The van der Waals surface area contributed by atoms with Crippen LogP contribution >= 0.6 is 0 Å². The highest BCUT2D eigenvalue weighted by atomic mass is 19.1. The Balaban J connectivity index is 1.43. The quantitative estimate of drug-likeness (QED) is 0.779. The summed E-state index contributed by atoms with van der Waals surface area (Å²) in [4.78, 5) is 13.3. The number of rotatable bonds is 4. The molecule has 0 saturated carbocycles. The first-order chi connectivity index (χ1) is 12.2. The summed E-state index contributed by atoms with van der Waals surface area (Å²) in [7, 11) is 0. The fourth-order valence-electron chi connectivity index (χ4n) is 2.36. The molecule has 0 aliphatic carbocycles. The molecule has 0 atom stereocenters. The van der Waals surface area contributed by atoms with E-state index in [1.807, 2.05) is 0 Å². The smallest absolute Gasteiger partial charge is 0.248 e. The molecule has 2 aromatic carbocycles. The molecule has 0 unspecified atom stereocenters. The van der Waals surface area contributed by atoms with E-state index in [4.69, 9.17) is 9.47 Å². The monoisotopic (exact) mass is 341 g/mol. The first kappa shape index (κ1) is 15.1. The number of amides is 1. The second-order valence-electron chi connectivity index (χ2n) is 5.27. The summed E-state index contributed by atoms with van der Waals surface area (Å²) in [5, 5.41) is 14.4. The maximum atomic E-state index is 13.2. The number of anilines is 1. The van der Waals surface area contributed by atoms with Crippen molar-refractivity contribution in [3.63, 3.8) is 0 Å². The highest BCUT2D eigenvalue weighted by Gasteiger charge is 2.15. The van der Waals surface area contributed by atoms with Gasteiger partial charge in [0.2, 0.25) is 18.5 Å². The Morgan fingerprint density at radius 3 is 2.96 bits per heavy atom. The van der Waals surface area contributed by atoms with Gasteiger partial charge in [0.1, 0.15) is 12.4 Å². The number of ether oxygens (including phenoxy) is 2. The highest BCUT2D eigenvalue weighted by Crippen LogP contribution is 2.34. The van der Waals surface area contributed by atoms with Crippen LogP contribution in [0, 0.1) is 5.82 Å². The lowest BCUT2D eigenvalue weighted by molar-refractivity contribution is -0.117. The molecule has 3 aromatic rings. The van der Waals surface area contributed by atoms with Gasteiger partial charge in [-0.3, -0.25) is 4.79 Å². The van der Waals surface area contributed by atoms with Crippen LogP contribution in [-0.4, -0.2) is 32.9 Å². The zero-order valence-corrected chi connectivity index (χ0v) is 12.8. The van der Waals surface area contributed by atoms with Crippen LogP contribution in [0.5, 0.6) is 11.5 Å². The van der Waals surface area contributed by atoms with E-state index in [1.54, 1.807) is 30.3 Å². The number of hydrogen-bond donors (Lipinski definition) is 1. The van der Waals surface area contributed by atoms with E-state index >= 15 is 0 Å². The molecule has 9 heteroatoms. The molecule has 0 radical (unpaired) electrons. The number of fused-ring (bicyclic) bond motifs is 1. The average molecular weight is 341 g/mol. The number of halogens is 1. The molecule has 4 rings (SSSR count). The van der Waals surface area contributed by atoms with Crippen molar-refractivity contribution in [2.75, 3.05) is 12.1 Å². The molecule has 1 aliphatic rings. The van der Waals surface area contributed by atoms with Gasteiger partial charge in [0.05, 0.1) is 0 Å². The molecule has 126 valence electrons. The number of aromatic nitrogens is 4. The maximum absolute atomic E-state index is 13.2. The van der Waals surface area contributed by atoms with Gasteiger partial charge < -0.3 is 14.8 Å². The van der Waals surface area contributed by atoms with Gasteiger partial charge in [-0.15, -0.1) is 10.2 Å². The van der Waals surface area contributed by atoms with Crippen LogP contribution in [0.15, 0.2) is 42.5 Å². The fourth-order valence-corrected chi connectivity index (χ4v) is 2.36. The number of carbonyl (C=O) groups excluding carboxylic acids is 1. The zero-order valence-electron chi connectivity index (χ0n) is 12.8. The highest BCUT2D eigenvalue weighted by molar-refractivity contribution is 5.90. The van der Waals surface area contributed by atoms with Crippen molar-refractivity contribution in [3.8, 4) is 22.9 Å². The van der Waals surface area contributed by atoms with E-state index in [0.717, 1.165) is 4.80 Å². The zero-order chi connectivity index (χ0) is 17.2. The third kappa shape index (κ3) is 3.25. The Labute approximate surface area is 141 Å². The summed E-state index contributed by atoms with van der Waals surface area (Å²) in [5.74, 6) is 0.729. The Kier molecular flexibility index (Phi) is 3.73. The lowest BCUT2D eigenvalue weighted by Gasteiger charge is -2.05. The molecular formula is C16H12FN5O3. The van der Waals surface area contributed by atoms with Crippen molar-refractivity contribution in [1.82, 2.24) is 20.2 Å². The number of tetrazole rings is 1. The van der Waals surface area contributed by atoms with Crippen LogP contribution in [-0.2, 0) is 11.3 Å². The SMILES string of the molecule is O=C(Cn1nnc(-c2cccc(F)c2)n1)Nc1ccc2c(c1)OCO2. The second kappa shape index (κ2) is 6.19. The van der Waals surface area contributed by atoms with Crippen LogP contribution < -0.4 is 14.8 Å². The molecule has 1 aliphatic heterocycles. The molecule has 1 aromatic heterocycles. The lowest BCUT2D eigenvalue weighted by atomic mass is 10.2. The first-order valence-electron chi connectivity index (χ1n) is 7.41. The van der Waals surface area contributed by atoms with E-state index in [0.29, 0.717) is 22.7 Å². The third-order valence-electron chi connectivity index (χ3n) is 3.48. The topological polar surface area (TPSA) is 91.2 Å². The molecule has 0 fully saturated rings. The van der Waals surface area contributed by atoms with E-state index in [-0.39, 0.29) is 25.1 Å². The Morgan fingerprint density at radius 2 is 2.08 bits per heavy atom. The molecule has 0 saturated heterocycles. The minimum Gasteiger partial charge on any atom is -0.454 e. The van der Waals surface area contributed by atoms with E-state index in [2.05, 4.69) is 20.7 Å². The molecule has 8 nitrogen and oxygen atoms in total. The summed E-state index contributed by atoms with van der Waals surface area (Å²) in [5.41, 5.74) is 1.06. The Bertz CT molecular complexity index is 943. The van der Waals surface area contributed by atoms with Crippen LogP contribution in [0.4, 0.5) is 10.1 Å². The molecule has 0 spiro atoms. The van der Waals surface area contributed by atoms with Gasteiger partial charge in [0, 0.05) is 17.3 Å². The number of hydrogen-bond acceptors (Lipinski definition) is 6. The molecule has 0 bridgehead atoms. The molecule has 1 amide bonds. The van der Waals surface area contributed by atoms with Gasteiger partial charge in [-0.05, 0) is 29.5 Å². The average Bonchev–Trinajstić information content (AvgIpc) is 3.23. The number of benzene rings is 2. The van der Waals surface area contributed by atoms with Gasteiger partial charge in [0.25, 0.3) is 0 Å². The number of nitrogens with one attached hydrogen (secondary N) is 1. The molecule has 25 heavy (non-hydrogen) atoms. The largest absolute Gasteiger partial charge is 0.454 e. The summed E-state index contributed by atoms with van der Waals surface area (Å²) in [6, 6.07) is 10.9. The fraction of sp³-hybridized carbons (Fsp3) is 0.125. The van der Waals surface area contributed by atoms with E-state index < -0.39 is 5.82 Å². The summed E-state index contributed by atoms with van der Waals surface area (Å²) in [6.45, 7) is 0.0369. The van der Waals surface area contributed by atoms with Gasteiger partial charge in [-0.25, -0.2) is 4.39 Å². The lowest BCUT2D eigenvalue weighted by Crippen LogP contribution is -2.20. The van der Waals surface area contributed by atoms with Crippen LogP contribution in [0.25, 0.3) is 11.4 Å². The van der Waals surface area contributed by atoms with Gasteiger partial charge in [-0.1, -0.05) is 12.1 Å². The molecule has 2 heterocycles. The predicted molar refractivity (Wildman–Crippen MR) is 84.4 cm³/mol. The normalized spacial score (nSPS) is 12.2. The number of carbonyl (C=O) groups is 1. The van der Waals surface area contributed by atoms with Gasteiger partial charge in [-0.2, -0.15) is 4.80 Å². The van der Waals surface area contributed by atoms with Crippen molar-refractivity contribution in [2.45, 2.75) is 6.54 Å². The predicted octanol–water partition coefficient (Wildman–Crippen LogP) is 1.85. The third-order valence-corrected chi connectivity index (χ3v) is 3.48.